The molecule has 2 fully saturated rings. The van der Waals surface area contributed by atoms with Crippen molar-refractivity contribution in [3.05, 3.63) is 0 Å². The number of amides is 1. The van der Waals surface area contributed by atoms with Gasteiger partial charge in [0.1, 0.15) is 0 Å². The molecule has 2 heterocycles. The van der Waals surface area contributed by atoms with Crippen LogP contribution in [0.2, 0.25) is 0 Å². The fraction of sp³-hybridized carbons (Fsp3) is 0.923. The van der Waals surface area contributed by atoms with E-state index in [0.29, 0.717) is 11.8 Å². The zero-order valence-corrected chi connectivity index (χ0v) is 11.1. The number of likely N-dealkylation sites (tertiary alicyclic amines) is 1. The fourth-order valence-electron chi connectivity index (χ4n) is 2.96. The van der Waals surface area contributed by atoms with E-state index in [-0.39, 0.29) is 5.92 Å². The normalized spacial score (nSPS) is 32.6. The largest absolute Gasteiger partial charge is 0.341 e. The van der Waals surface area contributed by atoms with Gasteiger partial charge in [-0.15, -0.1) is 0 Å². The van der Waals surface area contributed by atoms with Crippen molar-refractivity contribution in [2.75, 3.05) is 46.3 Å². The zero-order valence-electron chi connectivity index (χ0n) is 11.1. The van der Waals surface area contributed by atoms with Gasteiger partial charge in [0.15, 0.2) is 0 Å². The van der Waals surface area contributed by atoms with Crippen LogP contribution in [-0.2, 0) is 4.79 Å². The summed E-state index contributed by atoms with van der Waals surface area (Å²) in [5.41, 5.74) is 0. The lowest BCUT2D eigenvalue weighted by molar-refractivity contribution is -0.134. The van der Waals surface area contributed by atoms with Crippen molar-refractivity contribution in [1.82, 2.24) is 15.1 Å². The minimum atomic E-state index is 0.138. The fourth-order valence-corrected chi connectivity index (χ4v) is 2.96. The number of carbonyl (C=O) groups is 1. The molecule has 2 atom stereocenters. The van der Waals surface area contributed by atoms with Crippen molar-refractivity contribution in [2.45, 2.75) is 19.8 Å². The number of nitrogens with zero attached hydrogens (tertiary/aromatic N) is 2. The molecule has 0 saturated carbocycles. The maximum Gasteiger partial charge on any atom is 0.226 e. The molecule has 0 radical (unpaired) electrons. The molecule has 2 aliphatic heterocycles. The summed E-state index contributed by atoms with van der Waals surface area (Å²) in [4.78, 5) is 16.6. The number of rotatable bonds is 2. The standard InChI is InChI=1S/C13H25N3O/c1-11-8-14-5-7-16(13(11)17)10-12-4-3-6-15(2)9-12/h11-12,14H,3-10H2,1-2H3. The average molecular weight is 239 g/mol. The molecule has 0 aliphatic carbocycles. The lowest BCUT2D eigenvalue weighted by atomic mass is 9.97. The summed E-state index contributed by atoms with van der Waals surface area (Å²) < 4.78 is 0. The monoisotopic (exact) mass is 239 g/mol. The first-order valence-electron chi connectivity index (χ1n) is 6.85. The molecular weight excluding hydrogens is 214 g/mol. The summed E-state index contributed by atoms with van der Waals surface area (Å²) >= 11 is 0. The number of hydrogen-bond acceptors (Lipinski definition) is 3. The maximum absolute atomic E-state index is 12.2. The van der Waals surface area contributed by atoms with Crippen LogP contribution in [0.15, 0.2) is 0 Å². The Balaban J connectivity index is 1.89. The summed E-state index contributed by atoms with van der Waals surface area (Å²) in [6.07, 6.45) is 2.55. The highest BCUT2D eigenvalue weighted by atomic mass is 16.2. The first kappa shape index (κ1) is 12.8. The second-order valence-electron chi connectivity index (χ2n) is 5.66. The molecule has 17 heavy (non-hydrogen) atoms. The van der Waals surface area contributed by atoms with Crippen LogP contribution in [0.5, 0.6) is 0 Å². The second-order valence-corrected chi connectivity index (χ2v) is 5.66. The highest BCUT2D eigenvalue weighted by Crippen LogP contribution is 2.17. The molecule has 2 aliphatic rings. The molecule has 4 heteroatoms. The summed E-state index contributed by atoms with van der Waals surface area (Å²) in [6, 6.07) is 0. The minimum Gasteiger partial charge on any atom is -0.341 e. The molecule has 1 N–H and O–H groups in total. The topological polar surface area (TPSA) is 35.6 Å². The number of nitrogens with one attached hydrogen (secondary N) is 1. The Hall–Kier alpha value is -0.610. The molecule has 98 valence electrons. The van der Waals surface area contributed by atoms with Crippen LogP contribution in [0, 0.1) is 11.8 Å². The highest BCUT2D eigenvalue weighted by Gasteiger charge is 2.26. The lowest BCUT2D eigenvalue weighted by Gasteiger charge is -2.33. The smallest absolute Gasteiger partial charge is 0.226 e. The van der Waals surface area contributed by atoms with Gasteiger partial charge < -0.3 is 15.1 Å². The van der Waals surface area contributed by atoms with Gasteiger partial charge in [-0.1, -0.05) is 6.92 Å². The highest BCUT2D eigenvalue weighted by molar-refractivity contribution is 5.79. The molecule has 0 aromatic carbocycles. The van der Waals surface area contributed by atoms with Crippen LogP contribution in [0.1, 0.15) is 19.8 Å². The van der Waals surface area contributed by atoms with Gasteiger partial charge in [-0.3, -0.25) is 4.79 Å². The molecule has 2 saturated heterocycles. The first-order chi connectivity index (χ1) is 8.16. The van der Waals surface area contributed by atoms with Gasteiger partial charge in [-0.2, -0.15) is 0 Å². The summed E-state index contributed by atoms with van der Waals surface area (Å²) in [5, 5.41) is 3.33. The van der Waals surface area contributed by atoms with E-state index >= 15 is 0 Å². The summed E-state index contributed by atoms with van der Waals surface area (Å²) in [7, 11) is 2.18. The molecule has 0 aromatic heterocycles. The van der Waals surface area contributed by atoms with E-state index < -0.39 is 0 Å². The van der Waals surface area contributed by atoms with Crippen LogP contribution in [-0.4, -0.2) is 62.0 Å². The van der Waals surface area contributed by atoms with E-state index in [1.807, 2.05) is 6.92 Å². The molecule has 2 unspecified atom stereocenters. The molecule has 1 amide bonds. The van der Waals surface area contributed by atoms with Crippen LogP contribution in [0.3, 0.4) is 0 Å². The third kappa shape index (κ3) is 3.42. The van der Waals surface area contributed by atoms with Gasteiger partial charge in [0.05, 0.1) is 0 Å². The Kier molecular flexibility index (Phi) is 4.40. The van der Waals surface area contributed by atoms with Gasteiger partial charge in [0.2, 0.25) is 5.91 Å². The Morgan fingerprint density at radius 1 is 1.41 bits per heavy atom. The predicted molar refractivity (Wildman–Crippen MR) is 68.8 cm³/mol. The molecule has 4 nitrogen and oxygen atoms in total. The number of carbonyl (C=O) groups excluding carboxylic acids is 1. The van der Waals surface area contributed by atoms with E-state index in [9.17, 15) is 4.79 Å². The van der Waals surface area contributed by atoms with Gasteiger partial charge in [0.25, 0.3) is 0 Å². The SMILES string of the molecule is CC1CNCCN(CC2CCCN(C)C2)C1=O. The summed E-state index contributed by atoms with van der Waals surface area (Å²) in [6.45, 7) is 7.99. The lowest BCUT2D eigenvalue weighted by Crippen LogP contribution is -2.43. The van der Waals surface area contributed by atoms with Crippen molar-refractivity contribution in [3.8, 4) is 0 Å². The van der Waals surface area contributed by atoms with E-state index in [1.54, 1.807) is 0 Å². The van der Waals surface area contributed by atoms with E-state index in [4.69, 9.17) is 0 Å². The van der Waals surface area contributed by atoms with Crippen LogP contribution in [0.4, 0.5) is 0 Å². The molecule has 0 aromatic rings. The van der Waals surface area contributed by atoms with E-state index in [2.05, 4.69) is 22.2 Å². The van der Waals surface area contributed by atoms with E-state index in [0.717, 1.165) is 32.7 Å². The predicted octanol–water partition coefficient (Wildman–Crippen LogP) is 0.396. The van der Waals surface area contributed by atoms with Crippen molar-refractivity contribution in [2.24, 2.45) is 11.8 Å². The van der Waals surface area contributed by atoms with Crippen molar-refractivity contribution < 1.29 is 4.79 Å². The number of piperidine rings is 1. The molecule has 0 bridgehead atoms. The molecular formula is C13H25N3O. The first-order valence-corrected chi connectivity index (χ1v) is 6.85. The minimum absolute atomic E-state index is 0.138. The van der Waals surface area contributed by atoms with Gasteiger partial charge >= 0.3 is 0 Å². The summed E-state index contributed by atoms with van der Waals surface area (Å²) in [5.74, 6) is 1.14. The Bertz CT molecular complexity index is 269. The van der Waals surface area contributed by atoms with Crippen molar-refractivity contribution >= 4 is 5.91 Å². The van der Waals surface area contributed by atoms with E-state index in [1.165, 1.54) is 19.4 Å². The quantitative estimate of drug-likeness (QED) is 0.757. The third-order valence-electron chi connectivity index (χ3n) is 3.94. The van der Waals surface area contributed by atoms with Crippen molar-refractivity contribution in [3.63, 3.8) is 0 Å². The zero-order chi connectivity index (χ0) is 12.3. The third-order valence-corrected chi connectivity index (χ3v) is 3.94. The average Bonchev–Trinajstić information content (AvgIpc) is 2.45. The Morgan fingerprint density at radius 3 is 3.00 bits per heavy atom. The Morgan fingerprint density at radius 2 is 2.24 bits per heavy atom. The maximum atomic E-state index is 12.2. The van der Waals surface area contributed by atoms with Crippen molar-refractivity contribution in [1.29, 1.82) is 0 Å². The number of hydrogen-bond donors (Lipinski definition) is 1. The van der Waals surface area contributed by atoms with Gasteiger partial charge in [0, 0.05) is 38.6 Å². The van der Waals surface area contributed by atoms with Crippen LogP contribution < -0.4 is 5.32 Å². The van der Waals surface area contributed by atoms with Crippen LogP contribution in [0.25, 0.3) is 0 Å². The van der Waals surface area contributed by atoms with Crippen LogP contribution >= 0.6 is 0 Å². The molecule has 0 spiro atoms. The van der Waals surface area contributed by atoms with Gasteiger partial charge in [-0.05, 0) is 32.4 Å². The second kappa shape index (κ2) is 5.83. The van der Waals surface area contributed by atoms with Gasteiger partial charge in [-0.25, -0.2) is 0 Å². The molecule has 2 rings (SSSR count). The Labute approximate surface area is 104 Å².